The van der Waals surface area contributed by atoms with E-state index in [1.54, 1.807) is 0 Å². The van der Waals surface area contributed by atoms with Crippen molar-refractivity contribution >= 4 is 19.8 Å². The molecular weight excluding hydrogens is 798 g/mol. The van der Waals surface area contributed by atoms with Gasteiger partial charge in [-0.15, -0.1) is 0 Å². The van der Waals surface area contributed by atoms with Crippen molar-refractivity contribution in [3.05, 3.63) is 48.6 Å². The number of rotatable bonds is 46. The van der Waals surface area contributed by atoms with Crippen LogP contribution in [0.3, 0.4) is 0 Å². The lowest BCUT2D eigenvalue weighted by Crippen LogP contribution is -2.37. The van der Waals surface area contributed by atoms with Crippen LogP contribution in [0.25, 0.3) is 0 Å². The predicted molar refractivity (Wildman–Crippen MR) is 259 cm³/mol. The van der Waals surface area contributed by atoms with E-state index in [2.05, 4.69) is 62.5 Å². The average molecular weight is 894 g/mol. The van der Waals surface area contributed by atoms with E-state index in [0.29, 0.717) is 17.4 Å². The molecular formula is C52H96NO8P. The lowest BCUT2D eigenvalue weighted by molar-refractivity contribution is -0.870. The SMILES string of the molecule is CC/C=C\C/C=C\C/C=C\C/C=C\CCCCC(=O)OC(COC(=O)CCCCCCCCCCCCCCCCCCCCCCCCC)COP(=O)([O-])OCC[N+](C)(C)C. The monoisotopic (exact) mass is 894 g/mol. The molecule has 0 spiro atoms. The number of nitrogens with zero attached hydrogens (tertiary/aromatic N) is 1. The molecule has 0 aromatic heterocycles. The Morgan fingerprint density at radius 3 is 1.37 bits per heavy atom. The van der Waals surface area contributed by atoms with Gasteiger partial charge < -0.3 is 27.9 Å². The first kappa shape index (κ1) is 60.0. The lowest BCUT2D eigenvalue weighted by atomic mass is 10.0. The third-order valence-corrected chi connectivity index (χ3v) is 11.8. The molecule has 0 saturated heterocycles. The number of allylic oxidation sites excluding steroid dienone is 8. The molecule has 0 aromatic rings. The van der Waals surface area contributed by atoms with Crippen molar-refractivity contribution in [1.29, 1.82) is 0 Å². The first-order valence-corrected chi connectivity index (χ1v) is 26.8. The molecule has 0 aliphatic heterocycles. The number of carbonyl (C=O) groups excluding carboxylic acids is 2. The minimum absolute atomic E-state index is 0.0391. The second-order valence-electron chi connectivity index (χ2n) is 18.2. The van der Waals surface area contributed by atoms with Crippen molar-refractivity contribution in [1.82, 2.24) is 0 Å². The molecule has 0 bridgehead atoms. The Labute approximate surface area is 382 Å². The molecule has 0 aliphatic rings. The summed E-state index contributed by atoms with van der Waals surface area (Å²) in [5.41, 5.74) is 0. The zero-order valence-electron chi connectivity index (χ0n) is 40.8. The van der Waals surface area contributed by atoms with Gasteiger partial charge in [-0.3, -0.25) is 14.2 Å². The van der Waals surface area contributed by atoms with E-state index in [-0.39, 0.29) is 26.1 Å². The van der Waals surface area contributed by atoms with Gasteiger partial charge in [0, 0.05) is 12.8 Å². The number of hydrogen-bond donors (Lipinski definition) is 0. The first-order chi connectivity index (χ1) is 30.0. The summed E-state index contributed by atoms with van der Waals surface area (Å²) in [5, 5.41) is 0. The van der Waals surface area contributed by atoms with Crippen LogP contribution in [0.5, 0.6) is 0 Å². The van der Waals surface area contributed by atoms with Gasteiger partial charge in [-0.05, 0) is 51.4 Å². The van der Waals surface area contributed by atoms with Gasteiger partial charge in [0.2, 0.25) is 0 Å². The van der Waals surface area contributed by atoms with Crippen LogP contribution < -0.4 is 4.89 Å². The fraction of sp³-hybridized carbons (Fsp3) is 0.808. The molecule has 0 aromatic carbocycles. The van der Waals surface area contributed by atoms with Crippen LogP contribution in [0.1, 0.15) is 219 Å². The highest BCUT2D eigenvalue weighted by Gasteiger charge is 2.21. The second kappa shape index (κ2) is 44.2. The molecule has 62 heavy (non-hydrogen) atoms. The molecule has 2 atom stereocenters. The van der Waals surface area contributed by atoms with Crippen LogP contribution in [0.2, 0.25) is 0 Å². The molecule has 0 aliphatic carbocycles. The molecule has 9 nitrogen and oxygen atoms in total. The molecule has 0 rings (SSSR count). The van der Waals surface area contributed by atoms with Crippen LogP contribution in [0.4, 0.5) is 0 Å². The van der Waals surface area contributed by atoms with E-state index in [1.807, 2.05) is 21.1 Å². The lowest BCUT2D eigenvalue weighted by Gasteiger charge is -2.28. The summed E-state index contributed by atoms with van der Waals surface area (Å²) in [6, 6.07) is 0. The summed E-state index contributed by atoms with van der Waals surface area (Å²) in [7, 11) is 1.14. The smallest absolute Gasteiger partial charge is 0.306 e. The Morgan fingerprint density at radius 2 is 0.919 bits per heavy atom. The predicted octanol–water partition coefficient (Wildman–Crippen LogP) is 14.4. The van der Waals surface area contributed by atoms with Gasteiger partial charge in [0.05, 0.1) is 27.7 Å². The molecule has 0 amide bonds. The number of ether oxygens (including phenoxy) is 2. The van der Waals surface area contributed by atoms with Gasteiger partial charge in [-0.2, -0.15) is 0 Å². The van der Waals surface area contributed by atoms with Gasteiger partial charge in [-0.25, -0.2) is 0 Å². The van der Waals surface area contributed by atoms with E-state index in [4.69, 9.17) is 18.5 Å². The number of quaternary nitrogens is 1. The maximum atomic E-state index is 12.7. The third kappa shape index (κ3) is 47.4. The number of carbonyl (C=O) groups is 2. The average Bonchev–Trinajstić information content (AvgIpc) is 3.23. The zero-order chi connectivity index (χ0) is 45.7. The van der Waals surface area contributed by atoms with E-state index in [1.165, 1.54) is 128 Å². The Balaban J connectivity index is 4.22. The molecule has 0 N–H and O–H groups in total. The third-order valence-electron chi connectivity index (χ3n) is 10.9. The zero-order valence-corrected chi connectivity index (χ0v) is 41.7. The maximum absolute atomic E-state index is 12.7. The normalized spacial score (nSPS) is 13.8. The van der Waals surface area contributed by atoms with Crippen LogP contribution >= 0.6 is 7.82 Å². The Hall–Kier alpha value is -2.03. The summed E-state index contributed by atoms with van der Waals surface area (Å²) >= 11 is 0. The second-order valence-corrected chi connectivity index (χ2v) is 19.6. The van der Waals surface area contributed by atoms with Crippen LogP contribution in [0, 0.1) is 0 Å². The van der Waals surface area contributed by atoms with Crippen LogP contribution in [-0.4, -0.2) is 70.0 Å². The summed E-state index contributed by atoms with van der Waals surface area (Å²) in [6.45, 7) is 4.09. The van der Waals surface area contributed by atoms with Crippen LogP contribution in [0.15, 0.2) is 48.6 Å². The van der Waals surface area contributed by atoms with Gasteiger partial charge in [0.25, 0.3) is 7.82 Å². The highest BCUT2D eigenvalue weighted by molar-refractivity contribution is 7.45. The maximum Gasteiger partial charge on any atom is 0.306 e. The van der Waals surface area contributed by atoms with Crippen molar-refractivity contribution in [2.24, 2.45) is 0 Å². The van der Waals surface area contributed by atoms with Crippen molar-refractivity contribution in [3.63, 3.8) is 0 Å². The Morgan fingerprint density at radius 1 is 0.516 bits per heavy atom. The largest absolute Gasteiger partial charge is 0.756 e. The van der Waals surface area contributed by atoms with Crippen LogP contribution in [-0.2, 0) is 32.7 Å². The van der Waals surface area contributed by atoms with Gasteiger partial charge >= 0.3 is 11.9 Å². The minimum atomic E-state index is -4.64. The number of phosphoric ester groups is 1. The number of hydrogen-bond acceptors (Lipinski definition) is 8. The quantitative estimate of drug-likeness (QED) is 0.0195. The Kier molecular flexibility index (Phi) is 42.7. The fourth-order valence-electron chi connectivity index (χ4n) is 6.94. The van der Waals surface area contributed by atoms with Crippen molar-refractivity contribution < 1.29 is 42.1 Å². The highest BCUT2D eigenvalue weighted by Crippen LogP contribution is 2.38. The van der Waals surface area contributed by atoms with Crippen molar-refractivity contribution in [2.45, 2.75) is 225 Å². The van der Waals surface area contributed by atoms with Gasteiger partial charge in [0.15, 0.2) is 6.10 Å². The van der Waals surface area contributed by atoms with Crippen molar-refractivity contribution in [2.75, 3.05) is 47.5 Å². The van der Waals surface area contributed by atoms with E-state index in [0.717, 1.165) is 57.8 Å². The van der Waals surface area contributed by atoms with Gasteiger partial charge in [0.1, 0.15) is 19.8 Å². The Bertz CT molecular complexity index is 1190. The van der Waals surface area contributed by atoms with Gasteiger partial charge in [-0.1, -0.05) is 204 Å². The molecule has 0 saturated carbocycles. The van der Waals surface area contributed by atoms with Crippen molar-refractivity contribution in [3.8, 4) is 0 Å². The number of likely N-dealkylation sites (N-methyl/N-ethyl adjacent to an activating group) is 1. The summed E-state index contributed by atoms with van der Waals surface area (Å²) in [4.78, 5) is 37.6. The number of unbranched alkanes of at least 4 members (excludes halogenated alkanes) is 24. The van der Waals surface area contributed by atoms with E-state index >= 15 is 0 Å². The molecule has 0 fully saturated rings. The minimum Gasteiger partial charge on any atom is -0.756 e. The van der Waals surface area contributed by atoms with E-state index < -0.39 is 32.5 Å². The standard InChI is InChI=1S/C52H96NO8P/c1-6-8-10-12-14-16-18-20-22-23-24-25-26-27-28-29-31-32-34-36-38-40-42-44-51(54)58-48-50(49-60-62(56,57)59-47-46-53(3,4)5)61-52(55)45-43-41-39-37-35-33-30-21-19-17-15-13-11-9-7-2/h9,11,15,17,21,30,35,37,50H,6-8,10,12-14,16,18-20,22-29,31-34,36,38-49H2,1-5H3/b11-9-,17-15-,30-21-,37-35-. The highest BCUT2D eigenvalue weighted by atomic mass is 31.2. The molecule has 0 heterocycles. The molecule has 362 valence electrons. The first-order valence-electron chi connectivity index (χ1n) is 25.3. The summed E-state index contributed by atoms with van der Waals surface area (Å²) < 4.78 is 34.0. The number of esters is 2. The number of phosphoric acid groups is 1. The molecule has 10 heteroatoms. The molecule has 2 unspecified atom stereocenters. The fourth-order valence-corrected chi connectivity index (χ4v) is 7.67. The molecule has 0 radical (unpaired) electrons. The van der Waals surface area contributed by atoms with E-state index in [9.17, 15) is 19.0 Å². The topological polar surface area (TPSA) is 111 Å². The summed E-state index contributed by atoms with van der Waals surface area (Å²) in [6.07, 6.45) is 53.0. The summed E-state index contributed by atoms with van der Waals surface area (Å²) in [5.74, 6) is -0.877.